The molecule has 1 N–H and O–H groups in total. The largest absolute Gasteiger partial charge is 0.387 e. The summed E-state index contributed by atoms with van der Waals surface area (Å²) in [6, 6.07) is 12.3. The number of aliphatic hydroxyl groups is 1. The summed E-state index contributed by atoms with van der Waals surface area (Å²) in [5.41, 5.74) is 1.22. The van der Waals surface area contributed by atoms with Gasteiger partial charge in [0.15, 0.2) is 0 Å². The molecule has 3 rings (SSSR count). The predicted octanol–water partition coefficient (Wildman–Crippen LogP) is 2.84. The fourth-order valence-electron chi connectivity index (χ4n) is 2.97. The van der Waals surface area contributed by atoms with Crippen molar-refractivity contribution >= 4 is 5.69 Å². The number of nitrogens with zero attached hydrogens (tertiary/aromatic N) is 2. The summed E-state index contributed by atoms with van der Waals surface area (Å²) in [4.78, 5) is 12.4. The van der Waals surface area contributed by atoms with E-state index in [4.69, 9.17) is 4.74 Å². The van der Waals surface area contributed by atoms with E-state index in [9.17, 15) is 19.6 Å². The molecule has 1 heterocycles. The van der Waals surface area contributed by atoms with Gasteiger partial charge in [-0.25, -0.2) is 4.39 Å². The second kappa shape index (κ2) is 7.69. The fraction of sp³-hybridized carbons (Fsp3) is 0.333. The number of nitro groups is 1. The summed E-state index contributed by atoms with van der Waals surface area (Å²) in [7, 11) is 0. The Labute approximate surface area is 144 Å². The summed E-state index contributed by atoms with van der Waals surface area (Å²) in [5.74, 6) is -0.310. The van der Waals surface area contributed by atoms with Gasteiger partial charge in [-0.2, -0.15) is 0 Å². The molecule has 0 aliphatic carbocycles. The summed E-state index contributed by atoms with van der Waals surface area (Å²) >= 11 is 0. The van der Waals surface area contributed by atoms with Crippen LogP contribution in [-0.2, 0) is 4.74 Å². The molecule has 0 radical (unpaired) electrons. The van der Waals surface area contributed by atoms with E-state index in [1.165, 1.54) is 24.3 Å². The van der Waals surface area contributed by atoms with Crippen molar-refractivity contribution in [1.29, 1.82) is 0 Å². The van der Waals surface area contributed by atoms with E-state index >= 15 is 0 Å². The van der Waals surface area contributed by atoms with Crippen LogP contribution in [0, 0.1) is 15.9 Å². The molecular weight excluding hydrogens is 327 g/mol. The lowest BCUT2D eigenvalue weighted by Gasteiger charge is -2.34. The number of hydrogen-bond donors (Lipinski definition) is 1. The number of β-amino-alcohol motifs (C(OH)–C–C–N with tert-alkyl or cyclic N) is 1. The minimum Gasteiger partial charge on any atom is -0.387 e. The zero-order valence-corrected chi connectivity index (χ0v) is 13.5. The monoisotopic (exact) mass is 346 g/mol. The third-order valence-electron chi connectivity index (χ3n) is 4.27. The highest BCUT2D eigenvalue weighted by molar-refractivity contribution is 5.35. The first kappa shape index (κ1) is 17.5. The maximum Gasteiger partial charge on any atom is 0.269 e. The van der Waals surface area contributed by atoms with E-state index in [0.717, 1.165) is 5.56 Å². The van der Waals surface area contributed by atoms with E-state index in [1.807, 2.05) is 11.0 Å². The number of benzene rings is 2. The SMILES string of the molecule is O=[N+]([O-])c1cccc(C(O)CN2CCOC(c3cccc(F)c3)C2)c1. The molecule has 0 saturated carbocycles. The van der Waals surface area contributed by atoms with Crippen molar-refractivity contribution in [2.24, 2.45) is 0 Å². The Balaban J connectivity index is 1.66. The van der Waals surface area contributed by atoms with Gasteiger partial charge in [-0.05, 0) is 23.3 Å². The molecule has 0 amide bonds. The Bertz CT molecular complexity index is 755. The summed E-state index contributed by atoms with van der Waals surface area (Å²) < 4.78 is 19.1. The Hall–Kier alpha value is -2.35. The van der Waals surface area contributed by atoms with Gasteiger partial charge < -0.3 is 9.84 Å². The van der Waals surface area contributed by atoms with Crippen molar-refractivity contribution in [3.05, 3.63) is 75.6 Å². The molecular formula is C18H19FN2O4. The van der Waals surface area contributed by atoms with Crippen LogP contribution in [0.15, 0.2) is 48.5 Å². The molecule has 1 saturated heterocycles. The van der Waals surface area contributed by atoms with E-state index in [1.54, 1.807) is 18.2 Å². The second-order valence-electron chi connectivity index (χ2n) is 6.04. The average Bonchev–Trinajstić information content (AvgIpc) is 2.62. The molecule has 7 heteroatoms. The topological polar surface area (TPSA) is 75.8 Å². The van der Waals surface area contributed by atoms with Crippen molar-refractivity contribution in [3.8, 4) is 0 Å². The van der Waals surface area contributed by atoms with Crippen molar-refractivity contribution in [1.82, 2.24) is 4.90 Å². The number of non-ortho nitro benzene ring substituents is 1. The van der Waals surface area contributed by atoms with Gasteiger partial charge in [-0.15, -0.1) is 0 Å². The van der Waals surface area contributed by atoms with Crippen LogP contribution in [0.25, 0.3) is 0 Å². The van der Waals surface area contributed by atoms with Gasteiger partial charge >= 0.3 is 0 Å². The zero-order valence-electron chi connectivity index (χ0n) is 13.5. The van der Waals surface area contributed by atoms with Gasteiger partial charge in [0.2, 0.25) is 0 Å². The summed E-state index contributed by atoms with van der Waals surface area (Å²) in [6.45, 7) is 1.96. The standard InChI is InChI=1S/C18H19FN2O4/c19-15-5-1-4-14(9-15)18-12-20(7-8-25-18)11-17(22)13-3-2-6-16(10-13)21(23)24/h1-6,9-10,17-18,22H,7-8,11-12H2. The number of ether oxygens (including phenoxy) is 1. The van der Waals surface area contributed by atoms with E-state index in [0.29, 0.717) is 31.8 Å². The lowest BCUT2D eigenvalue weighted by Crippen LogP contribution is -2.40. The minimum atomic E-state index is -0.842. The highest BCUT2D eigenvalue weighted by Gasteiger charge is 2.24. The average molecular weight is 346 g/mol. The lowest BCUT2D eigenvalue weighted by molar-refractivity contribution is -0.385. The molecule has 0 aromatic heterocycles. The van der Waals surface area contributed by atoms with Gasteiger partial charge in [0, 0.05) is 31.8 Å². The van der Waals surface area contributed by atoms with Crippen molar-refractivity contribution < 1.29 is 19.2 Å². The van der Waals surface area contributed by atoms with Crippen LogP contribution in [0.1, 0.15) is 23.3 Å². The normalized spacial score (nSPS) is 19.5. The third-order valence-corrected chi connectivity index (χ3v) is 4.27. The molecule has 6 nitrogen and oxygen atoms in total. The van der Waals surface area contributed by atoms with Crippen LogP contribution in [0.5, 0.6) is 0 Å². The first-order chi connectivity index (χ1) is 12.0. The van der Waals surface area contributed by atoms with Crippen molar-refractivity contribution in [2.45, 2.75) is 12.2 Å². The summed E-state index contributed by atoms with van der Waals surface area (Å²) in [6.07, 6.45) is -1.10. The number of halogens is 1. The maximum atomic E-state index is 13.4. The Morgan fingerprint density at radius 3 is 2.88 bits per heavy atom. The molecule has 2 aromatic rings. The lowest BCUT2D eigenvalue weighted by atomic mass is 10.1. The van der Waals surface area contributed by atoms with Crippen LogP contribution >= 0.6 is 0 Å². The zero-order chi connectivity index (χ0) is 17.8. The molecule has 0 spiro atoms. The van der Waals surface area contributed by atoms with Crippen LogP contribution in [0.2, 0.25) is 0 Å². The van der Waals surface area contributed by atoms with Crippen LogP contribution < -0.4 is 0 Å². The quantitative estimate of drug-likeness (QED) is 0.665. The molecule has 2 atom stereocenters. The third kappa shape index (κ3) is 4.39. The van der Waals surface area contributed by atoms with Crippen LogP contribution in [0.3, 0.4) is 0 Å². The van der Waals surface area contributed by atoms with Crippen LogP contribution in [-0.4, -0.2) is 41.2 Å². The van der Waals surface area contributed by atoms with E-state index in [-0.39, 0.29) is 17.6 Å². The molecule has 1 aliphatic rings. The van der Waals surface area contributed by atoms with Crippen molar-refractivity contribution in [2.75, 3.05) is 26.2 Å². The molecule has 2 unspecified atom stereocenters. The molecule has 0 bridgehead atoms. The maximum absolute atomic E-state index is 13.4. The Kier molecular flexibility index (Phi) is 5.37. The van der Waals surface area contributed by atoms with Gasteiger partial charge in [-0.1, -0.05) is 24.3 Å². The highest BCUT2D eigenvalue weighted by atomic mass is 19.1. The highest BCUT2D eigenvalue weighted by Crippen LogP contribution is 2.25. The molecule has 132 valence electrons. The first-order valence-corrected chi connectivity index (χ1v) is 8.05. The number of nitro benzene ring substituents is 1. The number of hydrogen-bond acceptors (Lipinski definition) is 5. The Morgan fingerprint density at radius 1 is 1.32 bits per heavy atom. The van der Waals surface area contributed by atoms with E-state index < -0.39 is 11.0 Å². The molecule has 1 fully saturated rings. The fourth-order valence-corrected chi connectivity index (χ4v) is 2.97. The van der Waals surface area contributed by atoms with Crippen molar-refractivity contribution in [3.63, 3.8) is 0 Å². The van der Waals surface area contributed by atoms with Crippen LogP contribution in [0.4, 0.5) is 10.1 Å². The molecule has 25 heavy (non-hydrogen) atoms. The number of rotatable bonds is 5. The summed E-state index contributed by atoms with van der Waals surface area (Å²) in [5, 5.41) is 21.3. The van der Waals surface area contributed by atoms with Gasteiger partial charge in [0.1, 0.15) is 5.82 Å². The van der Waals surface area contributed by atoms with E-state index in [2.05, 4.69) is 0 Å². The number of aliphatic hydroxyl groups excluding tert-OH is 1. The second-order valence-corrected chi connectivity index (χ2v) is 6.04. The molecule has 1 aliphatic heterocycles. The van der Waals surface area contributed by atoms with Gasteiger partial charge in [0.05, 0.1) is 23.7 Å². The minimum absolute atomic E-state index is 0.0452. The smallest absolute Gasteiger partial charge is 0.269 e. The molecule has 2 aromatic carbocycles. The first-order valence-electron chi connectivity index (χ1n) is 8.05. The number of morpholine rings is 1. The van der Waals surface area contributed by atoms with Gasteiger partial charge in [-0.3, -0.25) is 15.0 Å². The van der Waals surface area contributed by atoms with Gasteiger partial charge in [0.25, 0.3) is 5.69 Å². The Morgan fingerprint density at radius 2 is 2.12 bits per heavy atom. The predicted molar refractivity (Wildman–Crippen MR) is 89.6 cm³/mol.